The van der Waals surface area contributed by atoms with Gasteiger partial charge in [-0.05, 0) is 23.1 Å². The average molecular weight is 250 g/mol. The van der Waals surface area contributed by atoms with Gasteiger partial charge in [-0.25, -0.2) is 0 Å². The van der Waals surface area contributed by atoms with Crippen LogP contribution in [-0.2, 0) is 10.2 Å². The number of methoxy groups -OCH3 is 1. The molecule has 0 bridgehead atoms. The molecular formula is C15H22O3. The first-order chi connectivity index (χ1) is 8.31. The van der Waals surface area contributed by atoms with Gasteiger partial charge < -0.3 is 9.84 Å². The Labute approximate surface area is 109 Å². The van der Waals surface area contributed by atoms with Crippen LogP contribution in [0.2, 0.25) is 0 Å². The van der Waals surface area contributed by atoms with Crippen molar-refractivity contribution in [2.24, 2.45) is 0 Å². The van der Waals surface area contributed by atoms with E-state index >= 15 is 0 Å². The Hall–Kier alpha value is -1.35. The zero-order valence-corrected chi connectivity index (χ0v) is 11.8. The van der Waals surface area contributed by atoms with Gasteiger partial charge in [-0.3, -0.25) is 4.79 Å². The molecule has 1 aromatic rings. The van der Waals surface area contributed by atoms with Gasteiger partial charge in [0, 0.05) is 12.0 Å². The van der Waals surface area contributed by atoms with Crippen molar-refractivity contribution in [3.63, 3.8) is 0 Å². The third kappa shape index (κ3) is 3.10. The van der Waals surface area contributed by atoms with Crippen molar-refractivity contribution in [1.29, 1.82) is 0 Å². The highest BCUT2D eigenvalue weighted by Gasteiger charge is 2.22. The van der Waals surface area contributed by atoms with Crippen molar-refractivity contribution in [3.05, 3.63) is 29.3 Å². The molecule has 1 unspecified atom stereocenters. The van der Waals surface area contributed by atoms with Gasteiger partial charge >= 0.3 is 0 Å². The van der Waals surface area contributed by atoms with Crippen LogP contribution in [0.5, 0.6) is 5.75 Å². The van der Waals surface area contributed by atoms with E-state index in [1.807, 2.05) is 18.2 Å². The fraction of sp³-hybridized carbons (Fsp3) is 0.533. The van der Waals surface area contributed by atoms with Crippen LogP contribution in [0.3, 0.4) is 0 Å². The molecule has 1 rings (SSSR count). The van der Waals surface area contributed by atoms with Gasteiger partial charge in [0.1, 0.15) is 11.9 Å². The maximum atomic E-state index is 11.6. The van der Waals surface area contributed by atoms with E-state index in [0.29, 0.717) is 17.7 Å². The lowest BCUT2D eigenvalue weighted by atomic mass is 9.85. The summed E-state index contributed by atoms with van der Waals surface area (Å²) in [5, 5.41) is 10.1. The minimum atomic E-state index is -1.10. The fourth-order valence-corrected chi connectivity index (χ4v) is 1.78. The van der Waals surface area contributed by atoms with Crippen LogP contribution in [0.15, 0.2) is 18.2 Å². The zero-order valence-electron chi connectivity index (χ0n) is 11.8. The molecule has 0 aliphatic heterocycles. The van der Waals surface area contributed by atoms with E-state index in [9.17, 15) is 9.90 Å². The molecular weight excluding hydrogens is 228 g/mol. The Balaban J connectivity index is 3.26. The monoisotopic (exact) mass is 250 g/mol. The molecule has 3 nitrogen and oxygen atoms in total. The second kappa shape index (κ2) is 5.53. The second-order valence-electron chi connectivity index (χ2n) is 5.43. The summed E-state index contributed by atoms with van der Waals surface area (Å²) in [5.74, 6) is 0.358. The molecule has 0 aliphatic rings. The first kappa shape index (κ1) is 14.7. The highest BCUT2D eigenvalue weighted by Crippen LogP contribution is 2.32. The number of ketones is 1. The van der Waals surface area contributed by atoms with Crippen molar-refractivity contribution >= 4 is 5.78 Å². The number of ether oxygens (including phenoxy) is 1. The van der Waals surface area contributed by atoms with Gasteiger partial charge in [0.2, 0.25) is 0 Å². The smallest absolute Gasteiger partial charge is 0.165 e. The lowest BCUT2D eigenvalue weighted by Crippen LogP contribution is -2.15. The van der Waals surface area contributed by atoms with Crippen molar-refractivity contribution in [3.8, 4) is 5.75 Å². The largest absolute Gasteiger partial charge is 0.496 e. The van der Waals surface area contributed by atoms with E-state index in [4.69, 9.17) is 4.74 Å². The van der Waals surface area contributed by atoms with Gasteiger partial charge in [-0.15, -0.1) is 0 Å². The van der Waals surface area contributed by atoms with E-state index < -0.39 is 6.10 Å². The van der Waals surface area contributed by atoms with Crippen molar-refractivity contribution < 1.29 is 14.6 Å². The molecule has 1 atom stereocenters. The van der Waals surface area contributed by atoms with Crippen LogP contribution in [-0.4, -0.2) is 18.0 Å². The molecule has 0 spiro atoms. The summed E-state index contributed by atoms with van der Waals surface area (Å²) in [6.45, 7) is 8.01. The number of carbonyl (C=O) groups excluding carboxylic acids is 1. The maximum absolute atomic E-state index is 11.6. The van der Waals surface area contributed by atoms with Crippen LogP contribution >= 0.6 is 0 Å². The Morgan fingerprint density at radius 3 is 2.44 bits per heavy atom. The molecule has 0 radical (unpaired) electrons. The standard InChI is InChI=1S/C15H22O3/c1-6-12(16)14(17)11-9-10(15(2,3)4)7-8-13(11)18-5/h7-9,14,17H,6H2,1-5H3. The normalized spacial score (nSPS) is 13.2. The van der Waals surface area contributed by atoms with Crippen molar-refractivity contribution in [2.45, 2.75) is 45.6 Å². The van der Waals surface area contributed by atoms with Gasteiger partial charge in [0.25, 0.3) is 0 Å². The maximum Gasteiger partial charge on any atom is 0.165 e. The predicted molar refractivity (Wildman–Crippen MR) is 72.0 cm³/mol. The fourth-order valence-electron chi connectivity index (χ4n) is 1.78. The van der Waals surface area contributed by atoms with E-state index in [1.165, 1.54) is 0 Å². The Morgan fingerprint density at radius 1 is 1.39 bits per heavy atom. The highest BCUT2D eigenvalue weighted by molar-refractivity contribution is 5.84. The summed E-state index contributed by atoms with van der Waals surface area (Å²) in [6.07, 6.45) is -0.795. The van der Waals surface area contributed by atoms with E-state index in [0.717, 1.165) is 5.56 Å². The third-order valence-electron chi connectivity index (χ3n) is 3.04. The third-order valence-corrected chi connectivity index (χ3v) is 3.04. The quantitative estimate of drug-likeness (QED) is 0.893. The molecule has 0 saturated carbocycles. The van der Waals surface area contributed by atoms with Gasteiger partial charge in [-0.1, -0.05) is 33.8 Å². The van der Waals surface area contributed by atoms with Crippen molar-refractivity contribution in [1.82, 2.24) is 0 Å². The lowest BCUT2D eigenvalue weighted by Gasteiger charge is -2.22. The minimum Gasteiger partial charge on any atom is -0.496 e. The molecule has 18 heavy (non-hydrogen) atoms. The zero-order chi connectivity index (χ0) is 13.9. The topological polar surface area (TPSA) is 46.5 Å². The number of carbonyl (C=O) groups is 1. The molecule has 0 fully saturated rings. The number of benzene rings is 1. The SMILES string of the molecule is CCC(=O)C(O)c1cc(C(C)(C)C)ccc1OC. The van der Waals surface area contributed by atoms with Crippen LogP contribution in [0.1, 0.15) is 51.3 Å². The number of hydrogen-bond donors (Lipinski definition) is 1. The van der Waals surface area contributed by atoms with Gasteiger partial charge in [0.05, 0.1) is 7.11 Å². The van der Waals surface area contributed by atoms with Gasteiger partial charge in [-0.2, -0.15) is 0 Å². The molecule has 0 saturated heterocycles. The Kier molecular flexibility index (Phi) is 4.52. The molecule has 3 heteroatoms. The first-order valence-electron chi connectivity index (χ1n) is 6.20. The second-order valence-corrected chi connectivity index (χ2v) is 5.43. The molecule has 1 N–H and O–H groups in total. The molecule has 1 aromatic carbocycles. The van der Waals surface area contributed by atoms with Crippen LogP contribution in [0.25, 0.3) is 0 Å². The van der Waals surface area contributed by atoms with Gasteiger partial charge in [0.15, 0.2) is 5.78 Å². The predicted octanol–water partition coefficient (Wildman–Crippen LogP) is 3.01. The average Bonchev–Trinajstić information content (AvgIpc) is 2.35. The number of rotatable bonds is 4. The number of hydrogen-bond acceptors (Lipinski definition) is 3. The number of aliphatic hydroxyl groups is 1. The summed E-state index contributed by atoms with van der Waals surface area (Å²) < 4.78 is 5.22. The molecule has 0 aromatic heterocycles. The summed E-state index contributed by atoms with van der Waals surface area (Å²) in [7, 11) is 1.54. The first-order valence-corrected chi connectivity index (χ1v) is 6.20. The van der Waals surface area contributed by atoms with E-state index in [2.05, 4.69) is 20.8 Å². The summed E-state index contributed by atoms with van der Waals surface area (Å²) in [5.41, 5.74) is 1.59. The summed E-state index contributed by atoms with van der Waals surface area (Å²) in [4.78, 5) is 11.6. The molecule has 100 valence electrons. The van der Waals surface area contributed by atoms with Crippen LogP contribution in [0.4, 0.5) is 0 Å². The van der Waals surface area contributed by atoms with Crippen molar-refractivity contribution in [2.75, 3.05) is 7.11 Å². The number of aliphatic hydroxyl groups excluding tert-OH is 1. The van der Waals surface area contributed by atoms with Crippen LogP contribution < -0.4 is 4.74 Å². The summed E-state index contributed by atoms with van der Waals surface area (Å²) in [6, 6.07) is 5.63. The lowest BCUT2D eigenvalue weighted by molar-refractivity contribution is -0.127. The van der Waals surface area contributed by atoms with E-state index in [-0.39, 0.29) is 11.2 Å². The van der Waals surface area contributed by atoms with E-state index in [1.54, 1.807) is 14.0 Å². The highest BCUT2D eigenvalue weighted by atomic mass is 16.5. The summed E-state index contributed by atoms with van der Waals surface area (Å²) >= 11 is 0. The Bertz CT molecular complexity index is 430. The molecule has 0 heterocycles. The number of Topliss-reactive ketones (excluding diaryl/α,β-unsaturated/α-hetero) is 1. The molecule has 0 amide bonds. The van der Waals surface area contributed by atoms with Crippen LogP contribution in [0, 0.1) is 0 Å². The Morgan fingerprint density at radius 2 is 2.00 bits per heavy atom. The molecule has 0 aliphatic carbocycles. The minimum absolute atomic E-state index is 0.0317.